The van der Waals surface area contributed by atoms with Crippen LogP contribution in [0.15, 0.2) is 107 Å². The second kappa shape index (κ2) is 12.7. The number of hydrogen-bond donors (Lipinski definition) is 0. The molecule has 0 unspecified atom stereocenters. The Labute approximate surface area is 240 Å². The van der Waals surface area contributed by atoms with Gasteiger partial charge >= 0.3 is 0 Å². The van der Waals surface area contributed by atoms with Crippen LogP contribution in [-0.4, -0.2) is 22.6 Å². The molecule has 0 radical (unpaired) electrons. The minimum atomic E-state index is -0.0718. The lowest BCUT2D eigenvalue weighted by molar-refractivity contribution is -0.122. The summed E-state index contributed by atoms with van der Waals surface area (Å²) in [4.78, 5) is 20.8. The van der Waals surface area contributed by atoms with Crippen LogP contribution in [0.3, 0.4) is 0 Å². The summed E-state index contributed by atoms with van der Waals surface area (Å²) < 4.78 is 12.0. The second-order valence-electron chi connectivity index (χ2n) is 9.63. The Morgan fingerprint density at radius 1 is 0.800 bits per heavy atom. The van der Waals surface area contributed by atoms with E-state index in [0.29, 0.717) is 41.3 Å². The largest absolute Gasteiger partial charge is 0.490 e. The first-order chi connectivity index (χ1) is 19.5. The Morgan fingerprint density at radius 3 is 2.33 bits per heavy atom. The van der Waals surface area contributed by atoms with Crippen molar-refractivity contribution in [2.45, 2.75) is 33.9 Å². The fourth-order valence-electron chi connectivity index (χ4n) is 4.34. The highest BCUT2D eigenvalue weighted by Crippen LogP contribution is 2.37. The summed E-state index contributed by atoms with van der Waals surface area (Å²) in [6.07, 6.45) is 1.90. The average Bonchev–Trinajstić information content (AvgIpc) is 3.23. The molecular weight excluding hydrogens is 516 g/mol. The number of ether oxygens (including phenoxy) is 2. The van der Waals surface area contributed by atoms with Crippen molar-refractivity contribution >= 4 is 34.6 Å². The maximum Gasteiger partial charge on any atom is 0.267 e. The third-order valence-corrected chi connectivity index (χ3v) is 7.38. The van der Waals surface area contributed by atoms with Crippen LogP contribution in [0.5, 0.6) is 11.5 Å². The first kappa shape index (κ1) is 27.3. The molecule has 1 saturated heterocycles. The highest BCUT2D eigenvalue weighted by Gasteiger charge is 2.33. The van der Waals surface area contributed by atoms with Crippen LogP contribution in [0.4, 0.5) is 5.69 Å². The van der Waals surface area contributed by atoms with E-state index in [0.717, 1.165) is 27.9 Å². The number of carbonyl (C=O) groups is 1. The lowest BCUT2D eigenvalue weighted by Gasteiger charge is -2.15. The molecule has 0 spiro atoms. The van der Waals surface area contributed by atoms with Gasteiger partial charge in [0.15, 0.2) is 16.7 Å². The molecule has 6 heteroatoms. The van der Waals surface area contributed by atoms with Crippen molar-refractivity contribution in [1.82, 2.24) is 4.90 Å². The van der Waals surface area contributed by atoms with Crippen LogP contribution in [0.25, 0.3) is 6.08 Å². The molecule has 1 aliphatic heterocycles. The molecule has 0 aromatic heterocycles. The summed E-state index contributed by atoms with van der Waals surface area (Å²) in [6, 6.07) is 32.0. The van der Waals surface area contributed by atoms with E-state index in [1.54, 1.807) is 4.90 Å². The van der Waals surface area contributed by atoms with Crippen molar-refractivity contribution < 1.29 is 14.3 Å². The van der Waals surface area contributed by atoms with Gasteiger partial charge in [-0.2, -0.15) is 0 Å². The SMILES string of the molecule is CCOc1cc(/C=C2/SC(=Nc3ccc(C)cc3)N(Cc3ccccc3)C2=O)ccc1OCc1cccc(C)c1. The first-order valence-corrected chi connectivity index (χ1v) is 14.2. The molecule has 40 heavy (non-hydrogen) atoms. The molecule has 0 bridgehead atoms. The standard InChI is InChI=1S/C34H32N2O3S/c1-4-38-31-20-27(15-18-30(31)39-23-28-12-8-9-25(3)19-28)21-32-33(37)36(22-26-10-6-5-7-11-26)34(40-32)35-29-16-13-24(2)14-17-29/h5-21H,4,22-23H2,1-3H3/b32-21+,35-34?. The molecule has 5 nitrogen and oxygen atoms in total. The minimum absolute atomic E-state index is 0.0718. The van der Waals surface area contributed by atoms with Crippen molar-refractivity contribution in [2.24, 2.45) is 4.99 Å². The van der Waals surface area contributed by atoms with E-state index in [4.69, 9.17) is 14.5 Å². The van der Waals surface area contributed by atoms with Crippen LogP contribution in [0, 0.1) is 13.8 Å². The topological polar surface area (TPSA) is 51.1 Å². The molecular formula is C34H32N2O3S. The second-order valence-corrected chi connectivity index (χ2v) is 10.6. The maximum atomic E-state index is 13.6. The summed E-state index contributed by atoms with van der Waals surface area (Å²) in [5.74, 6) is 1.25. The van der Waals surface area contributed by atoms with Crippen LogP contribution < -0.4 is 9.47 Å². The Balaban J connectivity index is 1.42. The van der Waals surface area contributed by atoms with Gasteiger partial charge in [-0.15, -0.1) is 0 Å². The van der Waals surface area contributed by atoms with Crippen LogP contribution in [-0.2, 0) is 17.9 Å². The number of thioether (sulfide) groups is 1. The Hall–Kier alpha value is -4.29. The zero-order chi connectivity index (χ0) is 27.9. The lowest BCUT2D eigenvalue weighted by atomic mass is 10.1. The summed E-state index contributed by atoms with van der Waals surface area (Å²) in [5.41, 5.74) is 6.17. The van der Waals surface area contributed by atoms with Crippen LogP contribution >= 0.6 is 11.8 Å². The normalized spacial score (nSPS) is 15.2. The van der Waals surface area contributed by atoms with Gasteiger partial charge in [0.05, 0.1) is 23.7 Å². The van der Waals surface area contributed by atoms with Gasteiger partial charge in [-0.3, -0.25) is 9.69 Å². The third kappa shape index (κ3) is 6.82. The summed E-state index contributed by atoms with van der Waals surface area (Å²) >= 11 is 1.39. The average molecular weight is 549 g/mol. The Morgan fingerprint density at radius 2 is 1.57 bits per heavy atom. The van der Waals surface area contributed by atoms with Crippen molar-refractivity contribution in [2.75, 3.05) is 6.61 Å². The Bertz CT molecular complexity index is 1550. The fraction of sp³-hybridized carbons (Fsp3) is 0.176. The number of aliphatic imine (C=N–C) groups is 1. The Kier molecular flexibility index (Phi) is 8.67. The molecule has 5 rings (SSSR count). The van der Waals surface area contributed by atoms with E-state index in [1.807, 2.05) is 105 Å². The summed E-state index contributed by atoms with van der Waals surface area (Å²) in [5, 5.41) is 0.659. The molecule has 4 aromatic rings. The number of hydrogen-bond acceptors (Lipinski definition) is 5. The van der Waals surface area contributed by atoms with E-state index in [-0.39, 0.29) is 5.91 Å². The smallest absolute Gasteiger partial charge is 0.267 e. The highest BCUT2D eigenvalue weighted by atomic mass is 32.2. The number of amidine groups is 1. The molecule has 1 aliphatic rings. The van der Waals surface area contributed by atoms with Gasteiger partial charge in [0.25, 0.3) is 5.91 Å². The summed E-state index contributed by atoms with van der Waals surface area (Å²) in [6.45, 7) is 7.46. The van der Waals surface area contributed by atoms with Gasteiger partial charge in [0.2, 0.25) is 0 Å². The monoisotopic (exact) mass is 548 g/mol. The molecule has 1 amide bonds. The van der Waals surface area contributed by atoms with Crippen molar-refractivity contribution in [3.63, 3.8) is 0 Å². The van der Waals surface area contributed by atoms with E-state index in [9.17, 15) is 4.79 Å². The number of rotatable bonds is 9. The van der Waals surface area contributed by atoms with Gasteiger partial charge < -0.3 is 9.47 Å². The molecule has 0 N–H and O–H groups in total. The quantitative estimate of drug-likeness (QED) is 0.198. The molecule has 202 valence electrons. The van der Waals surface area contributed by atoms with Crippen LogP contribution in [0.2, 0.25) is 0 Å². The van der Waals surface area contributed by atoms with Gasteiger partial charge in [-0.25, -0.2) is 4.99 Å². The molecule has 1 fully saturated rings. The molecule has 4 aromatic carbocycles. The van der Waals surface area contributed by atoms with Crippen molar-refractivity contribution in [3.05, 3.63) is 130 Å². The first-order valence-electron chi connectivity index (χ1n) is 13.3. The zero-order valence-corrected chi connectivity index (χ0v) is 23.8. The number of carbonyl (C=O) groups excluding carboxylic acids is 1. The van der Waals surface area contributed by atoms with E-state index in [1.165, 1.54) is 17.3 Å². The van der Waals surface area contributed by atoms with Gasteiger partial charge in [-0.1, -0.05) is 83.9 Å². The number of aryl methyl sites for hydroxylation is 2. The molecule has 0 aliphatic carbocycles. The molecule has 1 heterocycles. The number of amides is 1. The summed E-state index contributed by atoms with van der Waals surface area (Å²) in [7, 11) is 0. The van der Waals surface area contributed by atoms with E-state index >= 15 is 0 Å². The predicted octanol–water partition coefficient (Wildman–Crippen LogP) is 8.09. The van der Waals surface area contributed by atoms with Gasteiger partial charge in [-0.05, 0) is 79.6 Å². The lowest BCUT2D eigenvalue weighted by Crippen LogP contribution is -2.28. The van der Waals surface area contributed by atoms with Gasteiger partial charge in [0.1, 0.15) is 6.61 Å². The fourth-order valence-corrected chi connectivity index (χ4v) is 5.34. The third-order valence-electron chi connectivity index (χ3n) is 6.37. The van der Waals surface area contributed by atoms with E-state index < -0.39 is 0 Å². The zero-order valence-electron chi connectivity index (χ0n) is 23.0. The number of benzene rings is 4. The maximum absolute atomic E-state index is 13.6. The highest BCUT2D eigenvalue weighted by molar-refractivity contribution is 8.18. The number of nitrogens with zero attached hydrogens (tertiary/aromatic N) is 2. The van der Waals surface area contributed by atoms with E-state index in [2.05, 4.69) is 19.1 Å². The van der Waals surface area contributed by atoms with Crippen LogP contribution in [0.1, 0.15) is 34.7 Å². The van der Waals surface area contributed by atoms with Crippen molar-refractivity contribution in [1.29, 1.82) is 0 Å². The predicted molar refractivity (Wildman–Crippen MR) is 164 cm³/mol. The molecule has 0 saturated carbocycles. The van der Waals surface area contributed by atoms with Gasteiger partial charge in [0, 0.05) is 0 Å². The minimum Gasteiger partial charge on any atom is -0.490 e. The van der Waals surface area contributed by atoms with Crippen molar-refractivity contribution in [3.8, 4) is 11.5 Å². The molecule has 0 atom stereocenters.